The Bertz CT molecular complexity index is 1230. The van der Waals surface area contributed by atoms with Crippen molar-refractivity contribution in [3.63, 3.8) is 0 Å². The minimum atomic E-state index is -3.65. The Balaban J connectivity index is 1.63. The van der Waals surface area contributed by atoms with Gasteiger partial charge in [0.25, 0.3) is 0 Å². The Morgan fingerprint density at radius 2 is 1.52 bits per heavy atom. The zero-order valence-electron chi connectivity index (χ0n) is 23.8. The summed E-state index contributed by atoms with van der Waals surface area (Å²) >= 11 is 3.54. The van der Waals surface area contributed by atoms with Crippen LogP contribution in [-0.4, -0.2) is 92.7 Å². The topological polar surface area (TPSA) is 92.8 Å². The predicted octanol–water partition coefficient (Wildman–Crippen LogP) is 4.84. The molecule has 2 aromatic carbocycles. The molecule has 0 unspecified atom stereocenters. The van der Waals surface area contributed by atoms with Crippen molar-refractivity contribution in [2.75, 3.05) is 79.4 Å². The first-order valence-electron chi connectivity index (χ1n) is 13.3. The third kappa shape index (κ3) is 7.07. The summed E-state index contributed by atoms with van der Waals surface area (Å²) in [6.45, 7) is 5.54. The standard InChI is InChI=1S/C28H39NO8S3/c1-6-10-37-27-23(34-4)16-20(17-25(27)40(30,31)13-9-29-7-11-36-12-8-29)28-38-18-24(39-28)19-14-21(32-2)26(35-5)22(15-19)33-3/h14-17,24,28H,6-13,18H2,1-5H3/t24-,28+/m0/s1. The van der Waals surface area contributed by atoms with E-state index in [1.807, 2.05) is 25.1 Å². The number of hydrogen-bond acceptors (Lipinski definition) is 11. The molecular formula is C28H39NO8S3. The van der Waals surface area contributed by atoms with Crippen molar-refractivity contribution in [2.45, 2.75) is 28.1 Å². The number of ether oxygens (including phenoxy) is 6. The molecule has 4 rings (SSSR count). The van der Waals surface area contributed by atoms with E-state index in [0.29, 0.717) is 55.1 Å². The predicted molar refractivity (Wildman–Crippen MR) is 160 cm³/mol. The van der Waals surface area contributed by atoms with Crippen molar-refractivity contribution in [1.29, 1.82) is 0 Å². The van der Waals surface area contributed by atoms with Crippen LogP contribution in [0, 0.1) is 0 Å². The van der Waals surface area contributed by atoms with Gasteiger partial charge in [-0.25, -0.2) is 8.42 Å². The van der Waals surface area contributed by atoms with Crippen LogP contribution in [0.15, 0.2) is 29.2 Å². The maximum Gasteiger partial charge on any atom is 0.203 e. The van der Waals surface area contributed by atoms with Crippen LogP contribution < -0.4 is 23.7 Å². The molecular weight excluding hydrogens is 575 g/mol. The van der Waals surface area contributed by atoms with Gasteiger partial charge in [-0.1, -0.05) is 6.92 Å². The molecule has 2 atom stereocenters. The summed E-state index contributed by atoms with van der Waals surface area (Å²) in [6.07, 6.45) is 0.753. The van der Waals surface area contributed by atoms with Crippen LogP contribution in [-0.2, 0) is 14.6 Å². The first-order chi connectivity index (χ1) is 19.3. The molecule has 222 valence electrons. The first kappa shape index (κ1) is 31.0. The normalized spacial score (nSPS) is 19.8. The lowest BCUT2D eigenvalue weighted by atomic mass is 10.1. The van der Waals surface area contributed by atoms with Crippen LogP contribution in [0.2, 0.25) is 0 Å². The van der Waals surface area contributed by atoms with Crippen LogP contribution in [0.4, 0.5) is 0 Å². The van der Waals surface area contributed by atoms with E-state index in [0.717, 1.165) is 36.4 Å². The lowest BCUT2D eigenvalue weighted by Gasteiger charge is -2.26. The van der Waals surface area contributed by atoms with Crippen LogP contribution in [0.3, 0.4) is 0 Å². The highest BCUT2D eigenvalue weighted by molar-refractivity contribution is 8.19. The molecule has 0 bridgehead atoms. The molecule has 2 saturated heterocycles. The van der Waals surface area contributed by atoms with Gasteiger partial charge in [-0.3, -0.25) is 4.90 Å². The zero-order chi connectivity index (χ0) is 28.7. The molecule has 0 aliphatic carbocycles. The Labute approximate surface area is 246 Å². The van der Waals surface area contributed by atoms with E-state index in [1.165, 1.54) is 0 Å². The molecule has 0 spiro atoms. The van der Waals surface area contributed by atoms with Gasteiger partial charge in [0.1, 0.15) is 4.90 Å². The molecule has 2 heterocycles. The summed E-state index contributed by atoms with van der Waals surface area (Å²) < 4.78 is 61.1. The fourth-order valence-corrected chi connectivity index (χ4v) is 9.42. The number of sulfone groups is 1. The summed E-state index contributed by atoms with van der Waals surface area (Å²) in [4.78, 5) is 2.32. The van der Waals surface area contributed by atoms with Gasteiger partial charge in [0, 0.05) is 30.6 Å². The Morgan fingerprint density at radius 1 is 0.900 bits per heavy atom. The third-order valence-electron chi connectivity index (χ3n) is 6.85. The summed E-state index contributed by atoms with van der Waals surface area (Å²) in [5.74, 6) is 3.35. The third-order valence-corrected chi connectivity index (χ3v) is 11.9. The average Bonchev–Trinajstić information content (AvgIpc) is 3.49. The molecule has 0 aromatic heterocycles. The van der Waals surface area contributed by atoms with Gasteiger partial charge >= 0.3 is 0 Å². The molecule has 0 radical (unpaired) electrons. The number of methoxy groups -OCH3 is 4. The quantitative estimate of drug-likeness (QED) is 0.311. The number of morpholine rings is 1. The van der Waals surface area contributed by atoms with Crippen molar-refractivity contribution >= 4 is 33.4 Å². The fraction of sp³-hybridized carbons (Fsp3) is 0.571. The van der Waals surface area contributed by atoms with Crippen molar-refractivity contribution < 1.29 is 36.8 Å². The zero-order valence-corrected chi connectivity index (χ0v) is 26.2. The van der Waals surface area contributed by atoms with E-state index < -0.39 is 9.84 Å². The number of benzene rings is 2. The van der Waals surface area contributed by atoms with E-state index in [2.05, 4.69) is 4.90 Å². The summed E-state index contributed by atoms with van der Waals surface area (Å²) in [5, 5.41) is 0.145. The highest BCUT2D eigenvalue weighted by Gasteiger charge is 2.33. The summed E-state index contributed by atoms with van der Waals surface area (Å²) in [7, 11) is 2.70. The number of rotatable bonds is 13. The fourth-order valence-electron chi connectivity index (χ4n) is 4.69. The largest absolute Gasteiger partial charge is 0.493 e. The van der Waals surface area contributed by atoms with Gasteiger partial charge in [-0.15, -0.1) is 23.5 Å². The van der Waals surface area contributed by atoms with Crippen molar-refractivity contribution in [3.05, 3.63) is 35.4 Å². The highest BCUT2D eigenvalue weighted by Crippen LogP contribution is 2.58. The van der Waals surface area contributed by atoms with Gasteiger partial charge in [0.15, 0.2) is 32.8 Å². The minimum absolute atomic E-state index is 0.00110. The van der Waals surface area contributed by atoms with E-state index in [1.54, 1.807) is 58.0 Å². The van der Waals surface area contributed by atoms with Crippen LogP contribution >= 0.6 is 23.5 Å². The van der Waals surface area contributed by atoms with Crippen molar-refractivity contribution in [3.8, 4) is 28.7 Å². The molecule has 40 heavy (non-hydrogen) atoms. The molecule has 2 aliphatic heterocycles. The molecule has 2 fully saturated rings. The van der Waals surface area contributed by atoms with Crippen molar-refractivity contribution in [2.24, 2.45) is 0 Å². The lowest BCUT2D eigenvalue weighted by Crippen LogP contribution is -2.39. The highest BCUT2D eigenvalue weighted by atomic mass is 32.2. The van der Waals surface area contributed by atoms with Gasteiger partial charge in [-0.05, 0) is 41.8 Å². The van der Waals surface area contributed by atoms with E-state index in [9.17, 15) is 8.42 Å². The second-order valence-electron chi connectivity index (χ2n) is 9.42. The van der Waals surface area contributed by atoms with E-state index in [-0.39, 0.29) is 20.5 Å². The van der Waals surface area contributed by atoms with Gasteiger partial charge in [0.2, 0.25) is 5.75 Å². The lowest BCUT2D eigenvalue weighted by molar-refractivity contribution is 0.0408. The van der Waals surface area contributed by atoms with Crippen LogP contribution in [0.5, 0.6) is 28.7 Å². The van der Waals surface area contributed by atoms with Crippen LogP contribution in [0.25, 0.3) is 0 Å². The number of hydrogen-bond donors (Lipinski definition) is 0. The number of nitrogens with zero attached hydrogens (tertiary/aromatic N) is 1. The van der Waals surface area contributed by atoms with Crippen LogP contribution in [0.1, 0.15) is 34.3 Å². The van der Waals surface area contributed by atoms with Gasteiger partial charge < -0.3 is 28.4 Å². The molecule has 12 heteroatoms. The molecule has 0 N–H and O–H groups in total. The van der Waals surface area contributed by atoms with Gasteiger partial charge in [-0.2, -0.15) is 0 Å². The molecule has 2 aromatic rings. The second kappa shape index (κ2) is 14.3. The molecule has 9 nitrogen and oxygen atoms in total. The first-order valence-corrected chi connectivity index (χ1v) is 16.9. The smallest absolute Gasteiger partial charge is 0.203 e. The Morgan fingerprint density at radius 3 is 2.12 bits per heavy atom. The Hall–Kier alpha value is -1.99. The van der Waals surface area contributed by atoms with E-state index in [4.69, 9.17) is 28.4 Å². The average molecular weight is 614 g/mol. The van der Waals surface area contributed by atoms with Crippen molar-refractivity contribution in [1.82, 2.24) is 4.90 Å². The second-order valence-corrected chi connectivity index (χ2v) is 14.2. The molecule has 0 saturated carbocycles. The molecule has 0 amide bonds. The minimum Gasteiger partial charge on any atom is -0.493 e. The monoisotopic (exact) mass is 613 g/mol. The number of thioether (sulfide) groups is 2. The Kier molecular flexibility index (Phi) is 11.0. The SMILES string of the molecule is CCCOc1c(OC)cc([C@@H]2SC[C@@H](c3cc(OC)c(OC)c(OC)c3)S2)cc1S(=O)(=O)CCN1CCOCC1. The maximum atomic E-state index is 13.7. The maximum absolute atomic E-state index is 13.7. The summed E-state index contributed by atoms with van der Waals surface area (Å²) in [5.41, 5.74) is 1.94. The van der Waals surface area contributed by atoms with Gasteiger partial charge in [0.05, 0.1) is 58.6 Å². The molecule has 2 aliphatic rings. The summed E-state index contributed by atoms with van der Waals surface area (Å²) in [6, 6.07) is 7.65. The van der Waals surface area contributed by atoms with E-state index >= 15 is 0 Å².